The molecule has 0 aromatic heterocycles. The lowest BCUT2D eigenvalue weighted by molar-refractivity contribution is -0.385. The Balaban J connectivity index is 1.96. The molecule has 0 radical (unpaired) electrons. The molecule has 2 aromatic rings. The van der Waals surface area contributed by atoms with Crippen LogP contribution < -0.4 is 10.1 Å². The smallest absolute Gasteiger partial charge is 0.339 e. The van der Waals surface area contributed by atoms with Crippen LogP contribution in [-0.2, 0) is 16.1 Å². The number of rotatable bonds is 7. The van der Waals surface area contributed by atoms with Gasteiger partial charge in [0.1, 0.15) is 5.75 Å². The molecule has 0 aliphatic heterocycles. The van der Waals surface area contributed by atoms with Crippen molar-refractivity contribution < 1.29 is 24.0 Å². The molecule has 1 atom stereocenters. The topological polar surface area (TPSA) is 108 Å². The fraction of sp³-hybridized carbons (Fsp3) is 0.263. The van der Waals surface area contributed by atoms with Crippen LogP contribution in [0.15, 0.2) is 42.5 Å². The fourth-order valence-electron chi connectivity index (χ4n) is 2.40. The highest BCUT2D eigenvalue weighted by Crippen LogP contribution is 2.22. The molecule has 8 heteroatoms. The maximum absolute atomic E-state index is 12.3. The van der Waals surface area contributed by atoms with E-state index < -0.39 is 22.9 Å². The van der Waals surface area contributed by atoms with Crippen LogP contribution in [0.2, 0.25) is 0 Å². The van der Waals surface area contributed by atoms with E-state index in [2.05, 4.69) is 5.32 Å². The van der Waals surface area contributed by atoms with Gasteiger partial charge in [0.15, 0.2) is 6.10 Å². The van der Waals surface area contributed by atoms with E-state index in [1.165, 1.54) is 32.0 Å². The van der Waals surface area contributed by atoms with Gasteiger partial charge in [0.2, 0.25) is 0 Å². The Morgan fingerprint density at radius 1 is 1.19 bits per heavy atom. The van der Waals surface area contributed by atoms with Gasteiger partial charge < -0.3 is 14.8 Å². The number of amides is 1. The highest BCUT2D eigenvalue weighted by atomic mass is 16.6. The van der Waals surface area contributed by atoms with Crippen LogP contribution in [0.25, 0.3) is 0 Å². The van der Waals surface area contributed by atoms with Gasteiger partial charge in [0, 0.05) is 18.2 Å². The molecule has 0 saturated heterocycles. The van der Waals surface area contributed by atoms with E-state index in [4.69, 9.17) is 9.47 Å². The van der Waals surface area contributed by atoms with Crippen LogP contribution in [0.4, 0.5) is 5.69 Å². The number of nitrogens with one attached hydrogen (secondary N) is 1. The molecule has 142 valence electrons. The van der Waals surface area contributed by atoms with Crippen molar-refractivity contribution in [1.29, 1.82) is 0 Å². The van der Waals surface area contributed by atoms with Crippen molar-refractivity contribution in [2.45, 2.75) is 26.5 Å². The monoisotopic (exact) mass is 372 g/mol. The largest absolute Gasteiger partial charge is 0.497 e. The Labute approximate surface area is 156 Å². The van der Waals surface area contributed by atoms with Gasteiger partial charge in [-0.25, -0.2) is 4.79 Å². The van der Waals surface area contributed by atoms with Crippen molar-refractivity contribution >= 4 is 17.6 Å². The Hall–Kier alpha value is -3.42. The molecule has 0 aliphatic rings. The van der Waals surface area contributed by atoms with Crippen molar-refractivity contribution in [2.75, 3.05) is 7.11 Å². The molecule has 2 rings (SSSR count). The van der Waals surface area contributed by atoms with E-state index in [-0.39, 0.29) is 23.4 Å². The lowest BCUT2D eigenvalue weighted by atomic mass is 10.1. The van der Waals surface area contributed by atoms with E-state index >= 15 is 0 Å². The zero-order chi connectivity index (χ0) is 20.0. The minimum atomic E-state index is -1.05. The lowest BCUT2D eigenvalue weighted by Crippen LogP contribution is -2.35. The Kier molecular flexibility index (Phi) is 6.48. The number of nitrogens with zero attached hydrogens (tertiary/aromatic N) is 1. The number of hydrogen-bond acceptors (Lipinski definition) is 6. The second-order valence-electron chi connectivity index (χ2n) is 5.82. The van der Waals surface area contributed by atoms with Gasteiger partial charge in [-0.2, -0.15) is 0 Å². The molecule has 0 bridgehead atoms. The van der Waals surface area contributed by atoms with Crippen LogP contribution in [0.3, 0.4) is 0 Å². The van der Waals surface area contributed by atoms with Gasteiger partial charge in [0.25, 0.3) is 11.6 Å². The van der Waals surface area contributed by atoms with Crippen LogP contribution >= 0.6 is 0 Å². The summed E-state index contributed by atoms with van der Waals surface area (Å²) in [4.78, 5) is 34.8. The zero-order valence-electron chi connectivity index (χ0n) is 15.2. The summed E-state index contributed by atoms with van der Waals surface area (Å²) < 4.78 is 10.2. The predicted octanol–water partition coefficient (Wildman–Crippen LogP) is 2.77. The fourth-order valence-corrected chi connectivity index (χ4v) is 2.40. The molecule has 0 unspecified atom stereocenters. The molecular formula is C19H20N2O6. The van der Waals surface area contributed by atoms with Crippen molar-refractivity contribution in [2.24, 2.45) is 0 Å². The van der Waals surface area contributed by atoms with Gasteiger partial charge in [-0.15, -0.1) is 0 Å². The van der Waals surface area contributed by atoms with Gasteiger partial charge in [0.05, 0.1) is 17.6 Å². The van der Waals surface area contributed by atoms with E-state index in [0.29, 0.717) is 5.75 Å². The van der Waals surface area contributed by atoms with Gasteiger partial charge in [-0.05, 0) is 37.6 Å². The maximum Gasteiger partial charge on any atom is 0.339 e. The first-order valence-corrected chi connectivity index (χ1v) is 8.19. The number of carbonyl (C=O) groups excluding carboxylic acids is 2. The minimum absolute atomic E-state index is 0.0546. The third-order valence-electron chi connectivity index (χ3n) is 4.00. The highest BCUT2D eigenvalue weighted by Gasteiger charge is 2.23. The first-order chi connectivity index (χ1) is 12.8. The molecule has 1 amide bonds. The number of benzene rings is 2. The van der Waals surface area contributed by atoms with Crippen LogP contribution in [0.5, 0.6) is 5.75 Å². The van der Waals surface area contributed by atoms with E-state index in [1.807, 2.05) is 12.1 Å². The van der Waals surface area contributed by atoms with Crippen LogP contribution in [0.1, 0.15) is 28.4 Å². The third-order valence-corrected chi connectivity index (χ3v) is 4.00. The zero-order valence-corrected chi connectivity index (χ0v) is 15.2. The number of carbonyl (C=O) groups is 2. The van der Waals surface area contributed by atoms with Gasteiger partial charge in [-0.1, -0.05) is 18.2 Å². The number of hydrogen-bond donors (Lipinski definition) is 1. The number of ether oxygens (including phenoxy) is 2. The average Bonchev–Trinajstić information content (AvgIpc) is 2.66. The van der Waals surface area contributed by atoms with E-state index in [1.54, 1.807) is 19.2 Å². The van der Waals surface area contributed by atoms with Gasteiger partial charge in [-0.3, -0.25) is 14.9 Å². The quantitative estimate of drug-likeness (QED) is 0.455. The SMILES string of the molecule is COc1ccc(CNC(=O)[C@H](C)OC(=O)c2cccc([N+](=O)[O-])c2C)cc1. The number of nitro groups is 1. The van der Waals surface area contributed by atoms with Crippen molar-refractivity contribution in [3.63, 3.8) is 0 Å². The first-order valence-electron chi connectivity index (χ1n) is 8.19. The van der Waals surface area contributed by atoms with Crippen molar-refractivity contribution in [3.05, 3.63) is 69.3 Å². The average molecular weight is 372 g/mol. The molecule has 2 aromatic carbocycles. The minimum Gasteiger partial charge on any atom is -0.497 e. The summed E-state index contributed by atoms with van der Waals surface area (Å²) in [6.07, 6.45) is -1.05. The summed E-state index contributed by atoms with van der Waals surface area (Å²) in [5.74, 6) is -0.551. The van der Waals surface area contributed by atoms with E-state index in [0.717, 1.165) is 5.56 Å². The lowest BCUT2D eigenvalue weighted by Gasteiger charge is -2.14. The second-order valence-corrected chi connectivity index (χ2v) is 5.82. The normalized spacial score (nSPS) is 11.4. The number of nitro benzene ring substituents is 1. The Bertz CT molecular complexity index is 848. The summed E-state index contributed by atoms with van der Waals surface area (Å²) in [5.41, 5.74) is 0.926. The molecular weight excluding hydrogens is 352 g/mol. The molecule has 0 saturated carbocycles. The molecule has 0 heterocycles. The molecule has 0 aliphatic carbocycles. The summed E-state index contributed by atoms with van der Waals surface area (Å²) in [6.45, 7) is 3.16. The third kappa shape index (κ3) is 5.04. The Morgan fingerprint density at radius 3 is 2.44 bits per heavy atom. The van der Waals surface area contributed by atoms with Gasteiger partial charge >= 0.3 is 5.97 Å². The van der Waals surface area contributed by atoms with E-state index in [9.17, 15) is 19.7 Å². The standard InChI is InChI=1S/C19H20N2O6/c1-12-16(5-4-6-17(12)21(24)25)19(23)27-13(2)18(22)20-11-14-7-9-15(26-3)10-8-14/h4-10,13H,11H2,1-3H3,(H,20,22)/t13-/m0/s1. The number of esters is 1. The van der Waals surface area contributed by atoms with Crippen LogP contribution in [0, 0.1) is 17.0 Å². The number of methoxy groups -OCH3 is 1. The summed E-state index contributed by atoms with van der Waals surface area (Å²) in [6, 6.07) is 11.3. The summed E-state index contributed by atoms with van der Waals surface area (Å²) in [7, 11) is 1.57. The summed E-state index contributed by atoms with van der Waals surface area (Å²) in [5, 5.41) is 13.6. The maximum atomic E-state index is 12.3. The second kappa shape index (κ2) is 8.79. The molecule has 0 spiro atoms. The first kappa shape index (κ1) is 19.9. The van der Waals surface area contributed by atoms with Crippen molar-refractivity contribution in [3.8, 4) is 5.75 Å². The predicted molar refractivity (Wildman–Crippen MR) is 97.6 cm³/mol. The summed E-state index contributed by atoms with van der Waals surface area (Å²) >= 11 is 0. The molecule has 1 N–H and O–H groups in total. The van der Waals surface area contributed by atoms with Crippen LogP contribution in [-0.4, -0.2) is 30.0 Å². The molecule has 27 heavy (non-hydrogen) atoms. The highest BCUT2D eigenvalue weighted by molar-refractivity contribution is 5.94. The van der Waals surface area contributed by atoms with Crippen molar-refractivity contribution in [1.82, 2.24) is 5.32 Å². The Morgan fingerprint density at radius 2 is 1.85 bits per heavy atom. The molecule has 8 nitrogen and oxygen atoms in total. The molecule has 0 fully saturated rings.